The smallest absolute Gasteiger partial charge is 0.177 e. The third-order valence-corrected chi connectivity index (χ3v) is 8.59. The zero-order chi connectivity index (χ0) is 22.9. The summed E-state index contributed by atoms with van der Waals surface area (Å²) in [5.41, 5.74) is 8.07. The first kappa shape index (κ1) is 26.2. The zero-order valence-electron chi connectivity index (χ0n) is 18.8. The van der Waals surface area contributed by atoms with Crippen molar-refractivity contribution in [2.45, 2.75) is 42.0 Å². The monoisotopic (exact) mass is 515 g/mol. The molecule has 2 aliphatic rings. The number of nitrogens with zero attached hydrogens (tertiary/aromatic N) is 2. The molecule has 0 spiro atoms. The van der Waals surface area contributed by atoms with Crippen molar-refractivity contribution in [2.24, 2.45) is 5.73 Å². The van der Waals surface area contributed by atoms with Crippen LogP contribution in [-0.4, -0.2) is 58.3 Å². The summed E-state index contributed by atoms with van der Waals surface area (Å²) in [5, 5.41) is 0.753. The highest BCUT2D eigenvalue weighted by atomic mass is 35.5. The van der Waals surface area contributed by atoms with Crippen LogP contribution in [0.2, 0.25) is 5.02 Å². The Morgan fingerprint density at radius 1 is 1.09 bits per heavy atom. The van der Waals surface area contributed by atoms with Crippen molar-refractivity contribution >= 4 is 39.5 Å². The third-order valence-electron chi connectivity index (χ3n) is 7.23. The van der Waals surface area contributed by atoms with Crippen molar-refractivity contribution in [3.63, 3.8) is 0 Å². The average molecular weight is 517 g/mol. The molecule has 33 heavy (non-hydrogen) atoms. The van der Waals surface area contributed by atoms with E-state index >= 15 is 0 Å². The molecule has 182 valence electrons. The summed E-state index contributed by atoms with van der Waals surface area (Å²) in [4.78, 5) is 4.64. The lowest BCUT2D eigenvalue weighted by Crippen LogP contribution is -2.53. The van der Waals surface area contributed by atoms with Crippen molar-refractivity contribution in [1.29, 1.82) is 0 Å². The average Bonchev–Trinajstić information content (AvgIpc) is 2.79. The van der Waals surface area contributed by atoms with E-state index in [1.165, 1.54) is 11.6 Å². The lowest BCUT2D eigenvalue weighted by atomic mass is 9.68. The van der Waals surface area contributed by atoms with Gasteiger partial charge >= 0.3 is 0 Å². The molecule has 2 aromatic carbocycles. The third kappa shape index (κ3) is 5.65. The van der Waals surface area contributed by atoms with Gasteiger partial charge < -0.3 is 10.6 Å². The van der Waals surface area contributed by atoms with Gasteiger partial charge in [-0.15, -0.1) is 12.4 Å². The van der Waals surface area contributed by atoms with Crippen LogP contribution in [0.15, 0.2) is 47.4 Å². The highest BCUT2D eigenvalue weighted by Crippen LogP contribution is 2.41. The normalized spacial score (nSPS) is 24.4. The van der Waals surface area contributed by atoms with Gasteiger partial charge in [0.05, 0.1) is 10.6 Å². The van der Waals surface area contributed by atoms with E-state index in [1.807, 2.05) is 12.1 Å². The molecule has 2 aromatic rings. The topological polar surface area (TPSA) is 66.6 Å². The van der Waals surface area contributed by atoms with E-state index in [0.717, 1.165) is 69.2 Å². The number of halogens is 3. The van der Waals surface area contributed by atoms with Gasteiger partial charge in [0, 0.05) is 55.5 Å². The molecule has 1 heterocycles. The number of nitrogens with two attached hydrogens (primary N) is 1. The van der Waals surface area contributed by atoms with Gasteiger partial charge in [-0.3, -0.25) is 4.90 Å². The van der Waals surface area contributed by atoms with E-state index in [1.54, 1.807) is 6.07 Å². The van der Waals surface area contributed by atoms with Crippen LogP contribution in [0.3, 0.4) is 0 Å². The molecule has 0 unspecified atom stereocenters. The molecule has 0 aromatic heterocycles. The molecular formula is C24H32Cl2FN3O2S. The Kier molecular flexibility index (Phi) is 8.33. The zero-order valence-corrected chi connectivity index (χ0v) is 21.2. The summed E-state index contributed by atoms with van der Waals surface area (Å²) < 4.78 is 38.0. The Balaban J connectivity index is 0.00000306. The SMILES string of the molecule is CS(=O)(=O)c1cc(F)ccc1N1CCN([C@H]2CC[C@@](CN)(c3cccc(Cl)c3)CC2)CC1.Cl. The largest absolute Gasteiger partial charge is 0.368 e. The second-order valence-corrected chi connectivity index (χ2v) is 11.6. The quantitative estimate of drug-likeness (QED) is 0.643. The van der Waals surface area contributed by atoms with Gasteiger partial charge in [-0.2, -0.15) is 0 Å². The van der Waals surface area contributed by atoms with E-state index in [9.17, 15) is 12.8 Å². The van der Waals surface area contributed by atoms with Crippen LogP contribution in [0.25, 0.3) is 0 Å². The second-order valence-electron chi connectivity index (χ2n) is 9.13. The van der Waals surface area contributed by atoms with Gasteiger partial charge in [-0.1, -0.05) is 23.7 Å². The molecule has 1 saturated carbocycles. The maximum absolute atomic E-state index is 13.7. The van der Waals surface area contributed by atoms with Crippen molar-refractivity contribution in [2.75, 3.05) is 43.9 Å². The molecule has 1 saturated heterocycles. The first-order valence-electron chi connectivity index (χ1n) is 11.2. The standard InChI is InChI=1S/C24H31ClFN3O2S.ClH/c1-32(30,31)23-16-20(26)5-6-22(23)29-13-11-28(12-14-29)21-7-9-24(17-27,10-8-21)18-3-2-4-19(25)15-18;/h2-6,15-16,21H,7-14,17,27H2,1H3;1H/t21-,24+;. The van der Waals surface area contributed by atoms with Gasteiger partial charge in [-0.25, -0.2) is 12.8 Å². The van der Waals surface area contributed by atoms with Crippen LogP contribution in [0.5, 0.6) is 0 Å². The predicted octanol–water partition coefficient (Wildman–Crippen LogP) is 4.27. The number of anilines is 1. The highest BCUT2D eigenvalue weighted by Gasteiger charge is 2.38. The fourth-order valence-electron chi connectivity index (χ4n) is 5.32. The molecule has 5 nitrogen and oxygen atoms in total. The minimum atomic E-state index is -3.50. The summed E-state index contributed by atoms with van der Waals surface area (Å²) in [6, 6.07) is 12.6. The number of benzene rings is 2. The highest BCUT2D eigenvalue weighted by molar-refractivity contribution is 7.90. The van der Waals surface area contributed by atoms with Crippen LogP contribution in [0, 0.1) is 5.82 Å². The molecule has 1 aliphatic heterocycles. The molecule has 4 rings (SSSR count). The van der Waals surface area contributed by atoms with Gasteiger partial charge in [0.15, 0.2) is 9.84 Å². The van der Waals surface area contributed by atoms with E-state index in [4.69, 9.17) is 17.3 Å². The van der Waals surface area contributed by atoms with Crippen LogP contribution < -0.4 is 10.6 Å². The summed E-state index contributed by atoms with van der Waals surface area (Å²) in [6.07, 6.45) is 5.35. The predicted molar refractivity (Wildman–Crippen MR) is 135 cm³/mol. The van der Waals surface area contributed by atoms with Crippen molar-refractivity contribution < 1.29 is 12.8 Å². The molecular weight excluding hydrogens is 484 g/mol. The van der Waals surface area contributed by atoms with Crippen LogP contribution in [0.4, 0.5) is 10.1 Å². The Bertz CT molecular complexity index is 1070. The molecule has 0 atom stereocenters. The minimum absolute atomic E-state index is 0. The Morgan fingerprint density at radius 2 is 1.76 bits per heavy atom. The molecule has 0 bridgehead atoms. The number of rotatable bonds is 5. The van der Waals surface area contributed by atoms with E-state index in [2.05, 4.69) is 21.9 Å². The summed E-state index contributed by atoms with van der Waals surface area (Å²) in [5.74, 6) is -0.530. The fraction of sp³-hybridized carbons (Fsp3) is 0.500. The maximum atomic E-state index is 13.7. The lowest BCUT2D eigenvalue weighted by Gasteiger charge is -2.46. The Labute approximate surface area is 207 Å². The van der Waals surface area contributed by atoms with Crippen molar-refractivity contribution in [3.05, 3.63) is 58.9 Å². The van der Waals surface area contributed by atoms with E-state index in [0.29, 0.717) is 18.3 Å². The maximum Gasteiger partial charge on any atom is 0.177 e. The van der Waals surface area contributed by atoms with Crippen molar-refractivity contribution in [1.82, 2.24) is 4.90 Å². The number of piperazine rings is 1. The summed E-state index contributed by atoms with van der Waals surface area (Å²) in [7, 11) is -3.50. The number of hydrogen-bond acceptors (Lipinski definition) is 5. The van der Waals surface area contributed by atoms with Crippen molar-refractivity contribution in [3.8, 4) is 0 Å². The molecule has 0 amide bonds. The Hall–Kier alpha value is -1.38. The summed E-state index contributed by atoms with van der Waals surface area (Å²) in [6.45, 7) is 3.78. The second kappa shape index (κ2) is 10.5. The number of sulfone groups is 1. The summed E-state index contributed by atoms with van der Waals surface area (Å²) >= 11 is 6.23. The first-order chi connectivity index (χ1) is 15.2. The first-order valence-corrected chi connectivity index (χ1v) is 13.4. The van der Waals surface area contributed by atoms with Gasteiger partial charge in [0.2, 0.25) is 0 Å². The van der Waals surface area contributed by atoms with Gasteiger partial charge in [-0.05, 0) is 61.6 Å². The molecule has 2 N–H and O–H groups in total. The lowest BCUT2D eigenvalue weighted by molar-refractivity contribution is 0.118. The molecule has 0 radical (unpaired) electrons. The minimum Gasteiger partial charge on any atom is -0.368 e. The van der Waals surface area contributed by atoms with Gasteiger partial charge in [0.25, 0.3) is 0 Å². The van der Waals surface area contributed by atoms with E-state index in [-0.39, 0.29) is 22.7 Å². The van der Waals surface area contributed by atoms with Crippen LogP contribution >= 0.6 is 24.0 Å². The molecule has 2 fully saturated rings. The number of hydrogen-bond donors (Lipinski definition) is 1. The Morgan fingerprint density at radius 3 is 2.33 bits per heavy atom. The van der Waals surface area contributed by atoms with Gasteiger partial charge in [0.1, 0.15) is 5.82 Å². The van der Waals surface area contributed by atoms with E-state index < -0.39 is 15.7 Å². The van der Waals surface area contributed by atoms with Crippen LogP contribution in [0.1, 0.15) is 31.2 Å². The molecule has 1 aliphatic carbocycles. The van der Waals surface area contributed by atoms with Crippen LogP contribution in [-0.2, 0) is 15.3 Å². The fourth-order valence-corrected chi connectivity index (χ4v) is 6.42. The molecule has 9 heteroatoms.